The van der Waals surface area contributed by atoms with Crippen LogP contribution in [0.25, 0.3) is 0 Å². The molecule has 10 nitrogen and oxygen atoms in total. The van der Waals surface area contributed by atoms with Gasteiger partial charge in [-0.15, -0.1) is 0 Å². The lowest BCUT2D eigenvalue weighted by molar-refractivity contribution is 0.131. The number of hydrogen-bond donors (Lipinski definition) is 2. The summed E-state index contributed by atoms with van der Waals surface area (Å²) in [6.45, 7) is 8.08. The van der Waals surface area contributed by atoms with Crippen molar-refractivity contribution in [2.75, 3.05) is 42.6 Å². The maximum absolute atomic E-state index is 14.3. The lowest BCUT2D eigenvalue weighted by Crippen LogP contribution is -2.39. The molecule has 3 aromatic rings. The summed E-state index contributed by atoms with van der Waals surface area (Å²) in [4.78, 5) is 17.3. The van der Waals surface area contributed by atoms with E-state index in [1.807, 2.05) is 25.7 Å². The third kappa shape index (κ3) is 5.81. The second kappa shape index (κ2) is 11.0. The standard InChI is InChI=1S/C27H35F2N7O3/c1-16(17-6-8-35(9-7-17)26-33-24(34-39-26)27(2,3)15-37)38-19-11-31-25(32-12-19)36-13-21(23(30)14-36)20-10-18(28)4-5-22(20)29/h4-5,10-12,16-17,21,23,37H,6-9,13-15,30H2,1-3H3/t16-,21+,23-/m0/s1. The molecule has 3 atom stereocenters. The van der Waals surface area contributed by atoms with E-state index in [4.69, 9.17) is 15.0 Å². The number of halogens is 2. The Hall–Kier alpha value is -3.38. The molecule has 5 rings (SSSR count). The smallest absolute Gasteiger partial charge is 0.324 e. The Morgan fingerprint density at radius 1 is 1.15 bits per heavy atom. The number of hydrogen-bond acceptors (Lipinski definition) is 10. The molecule has 0 radical (unpaired) electrons. The Balaban J connectivity index is 1.14. The van der Waals surface area contributed by atoms with Crippen LogP contribution in [0, 0.1) is 17.6 Å². The number of anilines is 2. The van der Waals surface area contributed by atoms with E-state index in [0.29, 0.717) is 42.5 Å². The normalized spacial score (nSPS) is 21.4. The van der Waals surface area contributed by atoms with Crippen LogP contribution in [0.1, 0.15) is 50.9 Å². The Bertz CT molecular complexity index is 1260. The second-order valence-electron chi connectivity index (χ2n) is 11.1. The summed E-state index contributed by atoms with van der Waals surface area (Å²) in [5.41, 5.74) is 5.99. The van der Waals surface area contributed by atoms with Gasteiger partial charge in [-0.25, -0.2) is 18.7 Å². The highest BCUT2D eigenvalue weighted by Gasteiger charge is 2.35. The van der Waals surface area contributed by atoms with Crippen molar-refractivity contribution in [1.82, 2.24) is 20.1 Å². The van der Waals surface area contributed by atoms with Crippen molar-refractivity contribution in [2.45, 2.75) is 57.1 Å². The van der Waals surface area contributed by atoms with E-state index >= 15 is 0 Å². The van der Waals surface area contributed by atoms with Crippen LogP contribution in [-0.2, 0) is 5.41 Å². The molecule has 3 N–H and O–H groups in total. The molecule has 2 aliphatic rings. The molecule has 2 fully saturated rings. The first-order chi connectivity index (χ1) is 18.6. The molecule has 0 aliphatic carbocycles. The third-order valence-electron chi connectivity index (χ3n) is 7.83. The zero-order chi connectivity index (χ0) is 27.7. The first kappa shape index (κ1) is 27.2. The third-order valence-corrected chi connectivity index (χ3v) is 7.83. The minimum Gasteiger partial charge on any atom is -0.487 e. The van der Waals surface area contributed by atoms with Gasteiger partial charge >= 0.3 is 6.01 Å². The van der Waals surface area contributed by atoms with Crippen LogP contribution in [0.4, 0.5) is 20.7 Å². The van der Waals surface area contributed by atoms with Gasteiger partial charge in [-0.3, -0.25) is 0 Å². The Morgan fingerprint density at radius 3 is 2.56 bits per heavy atom. The summed E-state index contributed by atoms with van der Waals surface area (Å²) < 4.78 is 39.6. The monoisotopic (exact) mass is 543 g/mol. The van der Waals surface area contributed by atoms with Gasteiger partial charge in [0.15, 0.2) is 11.6 Å². The number of ether oxygens (including phenoxy) is 1. The highest BCUT2D eigenvalue weighted by molar-refractivity contribution is 5.39. The molecule has 39 heavy (non-hydrogen) atoms. The SMILES string of the molecule is C[C@H](Oc1cnc(N2C[C@H](c3cc(F)ccc3F)[C@@H](N)C2)nc1)C1CCN(c2nc(C(C)(C)CO)no2)CC1. The second-order valence-corrected chi connectivity index (χ2v) is 11.1. The van der Waals surface area contributed by atoms with Crippen LogP contribution in [0.3, 0.4) is 0 Å². The number of piperidine rings is 1. The van der Waals surface area contributed by atoms with Crippen LogP contribution in [0.2, 0.25) is 0 Å². The molecule has 0 spiro atoms. The van der Waals surface area contributed by atoms with Gasteiger partial charge < -0.3 is 29.9 Å². The number of aliphatic hydroxyl groups excluding tert-OH is 1. The Labute approximate surface area is 226 Å². The van der Waals surface area contributed by atoms with Gasteiger partial charge in [-0.2, -0.15) is 4.98 Å². The molecule has 2 aromatic heterocycles. The van der Waals surface area contributed by atoms with Gasteiger partial charge in [0, 0.05) is 38.1 Å². The number of benzene rings is 1. The molecule has 0 unspecified atom stereocenters. The van der Waals surface area contributed by atoms with Crippen LogP contribution in [0.5, 0.6) is 5.75 Å². The van der Waals surface area contributed by atoms with Gasteiger partial charge in [0.1, 0.15) is 11.6 Å². The summed E-state index contributed by atoms with van der Waals surface area (Å²) in [6.07, 6.45) is 5.01. The summed E-state index contributed by atoms with van der Waals surface area (Å²) in [5, 5.41) is 13.6. The highest BCUT2D eigenvalue weighted by Crippen LogP contribution is 2.32. The molecular weight excluding hydrogens is 508 g/mol. The van der Waals surface area contributed by atoms with Crippen molar-refractivity contribution in [3.8, 4) is 5.75 Å². The summed E-state index contributed by atoms with van der Waals surface area (Å²) in [7, 11) is 0. The largest absolute Gasteiger partial charge is 0.487 e. The van der Waals surface area contributed by atoms with E-state index in [1.54, 1.807) is 12.4 Å². The fraction of sp³-hybridized carbons (Fsp3) is 0.556. The maximum atomic E-state index is 14.3. The number of aliphatic hydroxyl groups is 1. The maximum Gasteiger partial charge on any atom is 0.324 e. The number of nitrogens with zero attached hydrogens (tertiary/aromatic N) is 6. The Morgan fingerprint density at radius 2 is 1.87 bits per heavy atom. The molecule has 2 saturated heterocycles. The van der Waals surface area contributed by atoms with E-state index in [2.05, 4.69) is 25.0 Å². The molecule has 4 heterocycles. The zero-order valence-corrected chi connectivity index (χ0v) is 22.4. The lowest BCUT2D eigenvalue weighted by Gasteiger charge is -2.33. The van der Waals surface area contributed by atoms with E-state index in [-0.39, 0.29) is 30.2 Å². The molecule has 1 aromatic carbocycles. The van der Waals surface area contributed by atoms with Crippen molar-refractivity contribution in [2.24, 2.45) is 11.7 Å². The van der Waals surface area contributed by atoms with Crippen molar-refractivity contribution >= 4 is 12.0 Å². The molecule has 0 saturated carbocycles. The van der Waals surface area contributed by atoms with Gasteiger partial charge in [-0.1, -0.05) is 19.0 Å². The number of rotatable bonds is 8. The van der Waals surface area contributed by atoms with Crippen LogP contribution >= 0.6 is 0 Å². The van der Waals surface area contributed by atoms with Crippen LogP contribution in [0.15, 0.2) is 35.1 Å². The summed E-state index contributed by atoms with van der Waals surface area (Å²) >= 11 is 0. The van der Waals surface area contributed by atoms with Crippen LogP contribution in [-0.4, -0.2) is 70.1 Å². The average molecular weight is 544 g/mol. The van der Waals surface area contributed by atoms with Gasteiger partial charge in [-0.05, 0) is 49.4 Å². The molecular formula is C27H35F2N7O3. The Kier molecular flexibility index (Phi) is 7.68. The predicted octanol–water partition coefficient (Wildman–Crippen LogP) is 3.02. The topological polar surface area (TPSA) is 127 Å². The van der Waals surface area contributed by atoms with Gasteiger partial charge in [0.05, 0.1) is 30.5 Å². The molecule has 2 aliphatic heterocycles. The van der Waals surface area contributed by atoms with E-state index < -0.39 is 17.0 Å². The van der Waals surface area contributed by atoms with Crippen molar-refractivity contribution in [1.29, 1.82) is 0 Å². The fourth-order valence-corrected chi connectivity index (χ4v) is 5.21. The predicted molar refractivity (Wildman–Crippen MR) is 141 cm³/mol. The van der Waals surface area contributed by atoms with E-state index in [0.717, 1.165) is 38.1 Å². The van der Waals surface area contributed by atoms with E-state index in [9.17, 15) is 13.9 Å². The van der Waals surface area contributed by atoms with Crippen molar-refractivity contribution in [3.05, 3.63) is 53.6 Å². The average Bonchev–Trinajstić information content (AvgIpc) is 3.58. The molecule has 0 amide bonds. The van der Waals surface area contributed by atoms with Crippen LogP contribution < -0.4 is 20.3 Å². The minimum absolute atomic E-state index is 0.0475. The molecule has 210 valence electrons. The first-order valence-electron chi connectivity index (χ1n) is 13.3. The highest BCUT2D eigenvalue weighted by atomic mass is 19.1. The fourth-order valence-electron chi connectivity index (χ4n) is 5.21. The zero-order valence-electron chi connectivity index (χ0n) is 22.4. The van der Waals surface area contributed by atoms with Crippen molar-refractivity contribution < 1.29 is 23.1 Å². The first-order valence-corrected chi connectivity index (χ1v) is 13.3. The molecule has 12 heteroatoms. The minimum atomic E-state index is -0.554. The lowest BCUT2D eigenvalue weighted by atomic mass is 9.92. The van der Waals surface area contributed by atoms with E-state index in [1.165, 1.54) is 6.07 Å². The van der Waals surface area contributed by atoms with Gasteiger partial charge in [0.25, 0.3) is 0 Å². The number of aromatic nitrogens is 4. The van der Waals surface area contributed by atoms with Crippen molar-refractivity contribution in [3.63, 3.8) is 0 Å². The summed E-state index contributed by atoms with van der Waals surface area (Å²) in [5.74, 6) is 0.562. The molecule has 0 bridgehead atoms. The quantitative estimate of drug-likeness (QED) is 0.438. The summed E-state index contributed by atoms with van der Waals surface area (Å²) in [6, 6.07) is 3.56. The number of nitrogens with two attached hydrogens (primary N) is 1. The van der Waals surface area contributed by atoms with Gasteiger partial charge in [0.2, 0.25) is 5.95 Å².